The number of nitrogens with zero attached hydrogens (tertiary/aromatic N) is 4. The molecule has 0 bridgehead atoms. The first-order valence-electron chi connectivity index (χ1n) is 11.4. The van der Waals surface area contributed by atoms with Crippen molar-refractivity contribution >= 4 is 23.2 Å². The zero-order valence-electron chi connectivity index (χ0n) is 19.7. The number of aryl methyl sites for hydroxylation is 1. The largest absolute Gasteiger partial charge is 0.483 e. The van der Waals surface area contributed by atoms with Crippen molar-refractivity contribution in [2.45, 2.75) is 26.7 Å². The number of rotatable bonds is 6. The summed E-state index contributed by atoms with van der Waals surface area (Å²) in [6.07, 6.45) is 1.61. The van der Waals surface area contributed by atoms with Crippen LogP contribution in [0.25, 0.3) is 5.69 Å². The van der Waals surface area contributed by atoms with Crippen molar-refractivity contribution in [1.82, 2.24) is 14.7 Å². The number of carbonyl (C=O) groups excluding carboxylic acids is 1. The highest BCUT2D eigenvalue weighted by Crippen LogP contribution is 2.25. The van der Waals surface area contributed by atoms with E-state index in [9.17, 15) is 9.59 Å². The second kappa shape index (κ2) is 10.3. The summed E-state index contributed by atoms with van der Waals surface area (Å²) in [6, 6.07) is 15.3. The standard InChI is InChI=1S/C26H29ClN4O3/c1-18(2)20-10-9-19(3)23(15-20)34-17-24(32)30-13-11-29(12-14-30)22-16-28-31(26(33)25(22)27)21-7-5-4-6-8-21/h4-10,15-16,18H,11-14,17H2,1-3H3. The van der Waals surface area contributed by atoms with E-state index in [2.05, 4.69) is 25.0 Å². The third kappa shape index (κ3) is 5.09. The van der Waals surface area contributed by atoms with Crippen LogP contribution in [-0.4, -0.2) is 53.4 Å². The first kappa shape index (κ1) is 23.8. The van der Waals surface area contributed by atoms with Gasteiger partial charge in [-0.15, -0.1) is 0 Å². The fourth-order valence-electron chi connectivity index (χ4n) is 3.96. The molecule has 4 rings (SSSR count). The van der Waals surface area contributed by atoms with E-state index >= 15 is 0 Å². The van der Waals surface area contributed by atoms with Gasteiger partial charge in [0.1, 0.15) is 10.8 Å². The van der Waals surface area contributed by atoms with Crippen molar-refractivity contribution in [3.05, 3.63) is 81.2 Å². The first-order chi connectivity index (χ1) is 16.3. The molecular weight excluding hydrogens is 452 g/mol. The van der Waals surface area contributed by atoms with E-state index in [1.165, 1.54) is 10.2 Å². The molecule has 1 amide bonds. The molecule has 1 aromatic heterocycles. The van der Waals surface area contributed by atoms with Gasteiger partial charge in [0.15, 0.2) is 6.61 Å². The Morgan fingerprint density at radius 1 is 1.09 bits per heavy atom. The van der Waals surface area contributed by atoms with Crippen molar-refractivity contribution in [3.8, 4) is 11.4 Å². The highest BCUT2D eigenvalue weighted by atomic mass is 35.5. The number of benzene rings is 2. The molecule has 1 aliphatic heterocycles. The minimum Gasteiger partial charge on any atom is -0.483 e. The lowest BCUT2D eigenvalue weighted by Gasteiger charge is -2.36. The molecule has 0 radical (unpaired) electrons. The molecule has 3 aromatic rings. The first-order valence-corrected chi connectivity index (χ1v) is 11.8. The van der Waals surface area contributed by atoms with Gasteiger partial charge in [0, 0.05) is 26.2 Å². The van der Waals surface area contributed by atoms with Crippen LogP contribution in [0.5, 0.6) is 5.75 Å². The molecule has 0 spiro atoms. The molecule has 2 heterocycles. The highest BCUT2D eigenvalue weighted by molar-refractivity contribution is 6.33. The van der Waals surface area contributed by atoms with E-state index in [1.54, 1.807) is 23.2 Å². The SMILES string of the molecule is Cc1ccc(C(C)C)cc1OCC(=O)N1CCN(c2cnn(-c3ccccc3)c(=O)c2Cl)CC1. The van der Waals surface area contributed by atoms with Crippen molar-refractivity contribution in [1.29, 1.82) is 0 Å². The van der Waals surface area contributed by atoms with Crippen LogP contribution in [0, 0.1) is 6.92 Å². The topological polar surface area (TPSA) is 67.7 Å². The molecule has 34 heavy (non-hydrogen) atoms. The molecule has 0 unspecified atom stereocenters. The minimum atomic E-state index is -0.365. The zero-order valence-corrected chi connectivity index (χ0v) is 20.5. The van der Waals surface area contributed by atoms with Gasteiger partial charge >= 0.3 is 0 Å². The molecule has 0 aliphatic carbocycles. The molecule has 8 heteroatoms. The lowest BCUT2D eigenvalue weighted by atomic mass is 10.0. The van der Waals surface area contributed by atoms with E-state index in [4.69, 9.17) is 16.3 Å². The molecule has 178 valence electrons. The van der Waals surface area contributed by atoms with E-state index < -0.39 is 0 Å². The summed E-state index contributed by atoms with van der Waals surface area (Å²) in [5.74, 6) is 1.08. The Morgan fingerprint density at radius 3 is 2.47 bits per heavy atom. The van der Waals surface area contributed by atoms with Gasteiger partial charge < -0.3 is 14.5 Å². The molecule has 1 aliphatic rings. The molecule has 0 saturated carbocycles. The van der Waals surface area contributed by atoms with E-state index in [0.717, 1.165) is 11.3 Å². The van der Waals surface area contributed by atoms with Gasteiger partial charge in [0.05, 0.1) is 17.6 Å². The second-order valence-electron chi connectivity index (χ2n) is 8.73. The van der Waals surface area contributed by atoms with Crippen LogP contribution in [0.15, 0.2) is 59.5 Å². The molecule has 1 fully saturated rings. The van der Waals surface area contributed by atoms with Crippen molar-refractivity contribution in [2.24, 2.45) is 0 Å². The lowest BCUT2D eigenvalue weighted by molar-refractivity contribution is -0.133. The van der Waals surface area contributed by atoms with Gasteiger partial charge in [0.2, 0.25) is 0 Å². The second-order valence-corrected chi connectivity index (χ2v) is 9.11. The van der Waals surface area contributed by atoms with E-state index in [-0.39, 0.29) is 23.1 Å². The summed E-state index contributed by atoms with van der Waals surface area (Å²) in [6.45, 7) is 8.39. The van der Waals surface area contributed by atoms with Crippen molar-refractivity contribution in [2.75, 3.05) is 37.7 Å². The van der Waals surface area contributed by atoms with Crippen LogP contribution in [0.1, 0.15) is 30.9 Å². The van der Waals surface area contributed by atoms with Crippen molar-refractivity contribution in [3.63, 3.8) is 0 Å². The maximum atomic E-state index is 12.8. The number of ether oxygens (including phenoxy) is 1. The van der Waals surface area contributed by atoms with Crippen LogP contribution in [0.2, 0.25) is 5.02 Å². The van der Waals surface area contributed by atoms with Crippen LogP contribution in [0.3, 0.4) is 0 Å². The van der Waals surface area contributed by atoms with Gasteiger partial charge in [-0.05, 0) is 42.2 Å². The monoisotopic (exact) mass is 480 g/mol. The van der Waals surface area contributed by atoms with Crippen LogP contribution >= 0.6 is 11.6 Å². The predicted molar refractivity (Wildman–Crippen MR) is 134 cm³/mol. The molecule has 0 atom stereocenters. The Kier molecular flexibility index (Phi) is 7.22. The number of hydrogen-bond acceptors (Lipinski definition) is 5. The molecular formula is C26H29ClN4O3. The van der Waals surface area contributed by atoms with Crippen LogP contribution in [-0.2, 0) is 4.79 Å². The van der Waals surface area contributed by atoms with Crippen LogP contribution in [0.4, 0.5) is 5.69 Å². The van der Waals surface area contributed by atoms with Crippen molar-refractivity contribution < 1.29 is 9.53 Å². The Balaban J connectivity index is 1.37. The number of piperazine rings is 1. The smallest absolute Gasteiger partial charge is 0.292 e. The number of amides is 1. The summed E-state index contributed by atoms with van der Waals surface area (Å²) < 4.78 is 7.16. The quantitative estimate of drug-likeness (QED) is 0.532. The van der Waals surface area contributed by atoms with E-state index in [0.29, 0.717) is 43.5 Å². The average Bonchev–Trinajstić information content (AvgIpc) is 2.85. The lowest BCUT2D eigenvalue weighted by Crippen LogP contribution is -2.50. The maximum Gasteiger partial charge on any atom is 0.292 e. The Bertz CT molecular complexity index is 1220. The minimum absolute atomic E-state index is 0.00216. The van der Waals surface area contributed by atoms with Gasteiger partial charge in [0.25, 0.3) is 11.5 Å². The number of para-hydroxylation sites is 1. The fourth-order valence-corrected chi connectivity index (χ4v) is 4.20. The fraction of sp³-hybridized carbons (Fsp3) is 0.346. The number of hydrogen-bond donors (Lipinski definition) is 0. The number of carbonyl (C=O) groups is 1. The highest BCUT2D eigenvalue weighted by Gasteiger charge is 2.24. The normalized spacial score (nSPS) is 13.9. The van der Waals surface area contributed by atoms with Crippen LogP contribution < -0.4 is 15.2 Å². The maximum absolute atomic E-state index is 12.8. The summed E-state index contributed by atoms with van der Waals surface area (Å²) in [5.41, 5.74) is 3.07. The number of halogens is 1. The number of aromatic nitrogens is 2. The molecule has 1 saturated heterocycles. The molecule has 2 aromatic carbocycles. The molecule has 0 N–H and O–H groups in total. The van der Waals surface area contributed by atoms with Gasteiger partial charge in [-0.2, -0.15) is 9.78 Å². The summed E-state index contributed by atoms with van der Waals surface area (Å²) in [4.78, 5) is 29.3. The Morgan fingerprint density at radius 2 is 1.79 bits per heavy atom. The van der Waals surface area contributed by atoms with Gasteiger partial charge in [-0.1, -0.05) is 55.8 Å². The summed E-state index contributed by atoms with van der Waals surface area (Å²) >= 11 is 6.43. The third-order valence-corrected chi connectivity index (χ3v) is 6.46. The number of anilines is 1. The molecule has 7 nitrogen and oxygen atoms in total. The Labute approximate surface area is 204 Å². The zero-order chi connectivity index (χ0) is 24.2. The predicted octanol–water partition coefficient (Wildman–Crippen LogP) is 4.05. The average molecular weight is 481 g/mol. The van der Waals surface area contributed by atoms with Gasteiger partial charge in [-0.25, -0.2) is 0 Å². The van der Waals surface area contributed by atoms with Gasteiger partial charge in [-0.3, -0.25) is 9.59 Å². The Hall–Kier alpha value is -3.32. The van der Waals surface area contributed by atoms with E-state index in [1.807, 2.05) is 42.2 Å². The third-order valence-electron chi connectivity index (χ3n) is 6.10. The summed E-state index contributed by atoms with van der Waals surface area (Å²) in [7, 11) is 0. The summed E-state index contributed by atoms with van der Waals surface area (Å²) in [5, 5.41) is 4.43.